The number of benzene rings is 2. The van der Waals surface area contributed by atoms with Gasteiger partial charge >= 0.3 is 11.9 Å². The third kappa shape index (κ3) is 2.74. The standard InChI is InChI=1S/C20H16O4/c1-4-19(21)23-13-6-8-15-16-9-7-14(24-20(22)5-2)11-18(16)12(3)17(15)10-13/h4-12H,1-2H2,3H3. The predicted octanol–water partition coefficient (Wildman–Crippen LogP) is 4.00. The molecule has 0 saturated heterocycles. The summed E-state index contributed by atoms with van der Waals surface area (Å²) in [7, 11) is 0. The molecule has 120 valence electrons. The molecule has 2 aromatic carbocycles. The van der Waals surface area contributed by atoms with Crippen molar-refractivity contribution in [1.82, 2.24) is 0 Å². The highest BCUT2D eigenvalue weighted by atomic mass is 16.5. The highest BCUT2D eigenvalue weighted by Crippen LogP contribution is 2.46. The summed E-state index contributed by atoms with van der Waals surface area (Å²) in [6.45, 7) is 8.85. The zero-order chi connectivity index (χ0) is 17.3. The first-order chi connectivity index (χ1) is 11.5. The summed E-state index contributed by atoms with van der Waals surface area (Å²) < 4.78 is 10.4. The van der Waals surface area contributed by atoms with Gasteiger partial charge in [-0.2, -0.15) is 0 Å². The molecule has 0 spiro atoms. The van der Waals surface area contributed by atoms with Gasteiger partial charge in [-0.3, -0.25) is 0 Å². The molecule has 0 atom stereocenters. The van der Waals surface area contributed by atoms with Crippen LogP contribution in [0.2, 0.25) is 0 Å². The SMILES string of the molecule is C=CC(=O)Oc1ccc2c(c1)C(C)c1cc(OC(=O)C=C)ccc1-2. The van der Waals surface area contributed by atoms with Gasteiger partial charge in [-0.1, -0.05) is 32.2 Å². The fourth-order valence-electron chi connectivity index (χ4n) is 2.90. The van der Waals surface area contributed by atoms with Crippen molar-refractivity contribution in [3.8, 4) is 22.6 Å². The van der Waals surface area contributed by atoms with Crippen molar-refractivity contribution in [3.63, 3.8) is 0 Å². The van der Waals surface area contributed by atoms with E-state index in [1.54, 1.807) is 12.1 Å². The maximum atomic E-state index is 11.4. The van der Waals surface area contributed by atoms with Crippen LogP contribution in [0.15, 0.2) is 61.7 Å². The van der Waals surface area contributed by atoms with E-state index in [4.69, 9.17) is 9.47 Å². The van der Waals surface area contributed by atoms with Crippen LogP contribution in [0.4, 0.5) is 0 Å². The van der Waals surface area contributed by atoms with Crippen molar-refractivity contribution in [3.05, 3.63) is 72.8 Å². The maximum absolute atomic E-state index is 11.4. The van der Waals surface area contributed by atoms with Crippen LogP contribution in [0.1, 0.15) is 24.0 Å². The van der Waals surface area contributed by atoms with Crippen molar-refractivity contribution >= 4 is 11.9 Å². The summed E-state index contributed by atoms with van der Waals surface area (Å²) in [6, 6.07) is 11.1. The molecule has 0 fully saturated rings. The molecule has 0 radical (unpaired) electrons. The Morgan fingerprint density at radius 2 is 1.29 bits per heavy atom. The van der Waals surface area contributed by atoms with E-state index in [2.05, 4.69) is 20.1 Å². The summed E-state index contributed by atoms with van der Waals surface area (Å²) >= 11 is 0. The number of esters is 2. The molecule has 0 unspecified atom stereocenters. The summed E-state index contributed by atoms with van der Waals surface area (Å²) in [5.74, 6) is 0.0847. The molecular weight excluding hydrogens is 304 g/mol. The molecule has 0 bridgehead atoms. The van der Waals surface area contributed by atoms with Crippen LogP contribution in [0.5, 0.6) is 11.5 Å². The summed E-state index contributed by atoms with van der Waals surface area (Å²) in [5, 5.41) is 0. The minimum absolute atomic E-state index is 0.0970. The first kappa shape index (κ1) is 15.7. The highest BCUT2D eigenvalue weighted by molar-refractivity contribution is 5.85. The topological polar surface area (TPSA) is 52.6 Å². The van der Waals surface area contributed by atoms with E-state index in [1.165, 1.54) is 0 Å². The molecule has 1 aliphatic rings. The van der Waals surface area contributed by atoms with Gasteiger partial charge in [-0.25, -0.2) is 9.59 Å². The van der Waals surface area contributed by atoms with E-state index in [0.29, 0.717) is 11.5 Å². The van der Waals surface area contributed by atoms with Crippen molar-refractivity contribution in [1.29, 1.82) is 0 Å². The molecule has 0 N–H and O–H groups in total. The van der Waals surface area contributed by atoms with Crippen LogP contribution >= 0.6 is 0 Å². The van der Waals surface area contributed by atoms with Gasteiger partial charge in [0.2, 0.25) is 0 Å². The lowest BCUT2D eigenvalue weighted by atomic mass is 9.99. The van der Waals surface area contributed by atoms with Gasteiger partial charge in [0.25, 0.3) is 0 Å². The lowest BCUT2D eigenvalue weighted by Gasteiger charge is -2.09. The highest BCUT2D eigenvalue weighted by Gasteiger charge is 2.26. The molecule has 4 nitrogen and oxygen atoms in total. The van der Waals surface area contributed by atoms with Gasteiger partial charge in [0.15, 0.2) is 0 Å². The Labute approximate surface area is 140 Å². The van der Waals surface area contributed by atoms with Crippen LogP contribution in [-0.2, 0) is 9.59 Å². The third-order valence-corrected chi connectivity index (χ3v) is 4.04. The van der Waals surface area contributed by atoms with Gasteiger partial charge < -0.3 is 9.47 Å². The van der Waals surface area contributed by atoms with Crippen LogP contribution in [0.25, 0.3) is 11.1 Å². The second-order valence-corrected chi connectivity index (χ2v) is 5.47. The monoisotopic (exact) mass is 320 g/mol. The number of fused-ring (bicyclic) bond motifs is 3. The van der Waals surface area contributed by atoms with E-state index >= 15 is 0 Å². The van der Waals surface area contributed by atoms with E-state index in [9.17, 15) is 9.59 Å². The number of carbonyl (C=O) groups excluding carboxylic acids is 2. The van der Waals surface area contributed by atoms with E-state index < -0.39 is 11.9 Å². The molecule has 0 amide bonds. The predicted molar refractivity (Wildman–Crippen MR) is 91.1 cm³/mol. The second kappa shape index (κ2) is 6.16. The van der Waals surface area contributed by atoms with E-state index in [1.807, 2.05) is 24.3 Å². The number of rotatable bonds is 4. The minimum Gasteiger partial charge on any atom is -0.423 e. The molecule has 0 aliphatic heterocycles. The molecule has 1 aliphatic carbocycles. The van der Waals surface area contributed by atoms with Crippen LogP contribution in [0, 0.1) is 0 Å². The van der Waals surface area contributed by atoms with E-state index in [-0.39, 0.29) is 5.92 Å². The van der Waals surface area contributed by atoms with Crippen molar-refractivity contribution < 1.29 is 19.1 Å². The van der Waals surface area contributed by atoms with Gasteiger partial charge in [0, 0.05) is 18.1 Å². The lowest BCUT2D eigenvalue weighted by Crippen LogP contribution is -2.03. The Morgan fingerprint density at radius 3 is 1.67 bits per heavy atom. The molecular formula is C20H16O4. The van der Waals surface area contributed by atoms with Crippen molar-refractivity contribution in [2.24, 2.45) is 0 Å². The first-order valence-electron chi connectivity index (χ1n) is 7.50. The Morgan fingerprint density at radius 1 is 0.875 bits per heavy atom. The number of hydrogen-bond acceptors (Lipinski definition) is 4. The Balaban J connectivity index is 1.96. The lowest BCUT2D eigenvalue weighted by molar-refractivity contribution is -0.129. The molecule has 0 saturated carbocycles. The largest absolute Gasteiger partial charge is 0.423 e. The van der Waals surface area contributed by atoms with Crippen LogP contribution < -0.4 is 9.47 Å². The molecule has 2 aromatic rings. The molecule has 24 heavy (non-hydrogen) atoms. The summed E-state index contributed by atoms with van der Waals surface area (Å²) in [4.78, 5) is 22.7. The summed E-state index contributed by atoms with van der Waals surface area (Å²) in [5.41, 5.74) is 4.29. The van der Waals surface area contributed by atoms with Gasteiger partial charge in [-0.05, 0) is 46.5 Å². The molecule has 0 aromatic heterocycles. The van der Waals surface area contributed by atoms with Crippen LogP contribution in [0.3, 0.4) is 0 Å². The van der Waals surface area contributed by atoms with Gasteiger partial charge in [0.1, 0.15) is 11.5 Å². The zero-order valence-corrected chi connectivity index (χ0v) is 13.2. The molecule has 4 heteroatoms. The van der Waals surface area contributed by atoms with Gasteiger partial charge in [0.05, 0.1) is 0 Å². The maximum Gasteiger partial charge on any atom is 0.335 e. The number of carbonyl (C=O) groups is 2. The minimum atomic E-state index is -0.489. The average molecular weight is 320 g/mol. The fraction of sp³-hybridized carbons (Fsp3) is 0.100. The quantitative estimate of drug-likeness (QED) is 0.485. The Kier molecular flexibility index (Phi) is 4.04. The van der Waals surface area contributed by atoms with Crippen LogP contribution in [-0.4, -0.2) is 11.9 Å². The number of hydrogen-bond donors (Lipinski definition) is 0. The zero-order valence-electron chi connectivity index (χ0n) is 13.2. The smallest absolute Gasteiger partial charge is 0.335 e. The normalized spacial score (nSPS) is 12.0. The Hall–Kier alpha value is -3.14. The van der Waals surface area contributed by atoms with Gasteiger partial charge in [-0.15, -0.1) is 0 Å². The fourth-order valence-corrected chi connectivity index (χ4v) is 2.90. The molecule has 3 rings (SSSR count). The van der Waals surface area contributed by atoms with Crippen molar-refractivity contribution in [2.75, 3.05) is 0 Å². The molecule has 0 heterocycles. The second-order valence-electron chi connectivity index (χ2n) is 5.47. The number of ether oxygens (including phenoxy) is 2. The first-order valence-corrected chi connectivity index (χ1v) is 7.50. The van der Waals surface area contributed by atoms with E-state index in [0.717, 1.165) is 34.4 Å². The summed E-state index contributed by atoms with van der Waals surface area (Å²) in [6.07, 6.45) is 2.26. The average Bonchev–Trinajstić information content (AvgIpc) is 2.87. The third-order valence-electron chi connectivity index (χ3n) is 4.04. The van der Waals surface area contributed by atoms with Crippen molar-refractivity contribution in [2.45, 2.75) is 12.8 Å². The Bertz CT molecular complexity index is 792.